The molecule has 0 bridgehead atoms. The third-order valence-electron chi connectivity index (χ3n) is 4.49. The summed E-state index contributed by atoms with van der Waals surface area (Å²) in [6, 6.07) is -0.459. The summed E-state index contributed by atoms with van der Waals surface area (Å²) in [5.41, 5.74) is 5.16. The molecule has 0 aromatic carbocycles. The molecule has 0 aromatic heterocycles. The minimum absolute atomic E-state index is 0.0464. The molecule has 1 fully saturated rings. The second-order valence-corrected chi connectivity index (χ2v) is 13.9. The average Bonchev–Trinajstić information content (AvgIpc) is 2.68. The summed E-state index contributed by atoms with van der Waals surface area (Å²) in [6.45, 7) is 17.3. The quantitative estimate of drug-likeness (QED) is 0.619. The van der Waals surface area contributed by atoms with Gasteiger partial charge in [0.15, 0.2) is 8.32 Å². The number of carbonyl (C=O) groups is 1. The molecule has 1 aliphatic heterocycles. The maximum atomic E-state index is 11.8. The summed E-state index contributed by atoms with van der Waals surface area (Å²) in [5.74, 6) is -0.383. The first-order valence-corrected chi connectivity index (χ1v) is 11.4. The van der Waals surface area contributed by atoms with Crippen LogP contribution in [0.3, 0.4) is 0 Å². The zero-order chi connectivity index (χ0) is 18.2. The number of nitrogens with two attached hydrogens (primary N) is 1. The summed E-state index contributed by atoms with van der Waals surface area (Å²) in [6.07, 6.45) is 0.519. The average molecular weight is 361 g/mol. The van der Waals surface area contributed by atoms with E-state index >= 15 is 0 Å². The molecule has 0 radical (unpaired) electrons. The molecular weight excluding hydrogens is 328 g/mol. The smallest absolute Gasteiger partial charge is 0.260 e. The number of thiocarbonyl (C=S) groups is 1. The molecule has 2 N–H and O–H groups in total. The normalized spacial score (nSPS) is 23.0. The number of rotatable bonds is 3. The first-order valence-electron chi connectivity index (χ1n) is 8.11. The van der Waals surface area contributed by atoms with E-state index < -0.39 is 20.0 Å². The number of nitrogens with zero attached hydrogens (tertiary/aromatic N) is 1. The van der Waals surface area contributed by atoms with Crippen LogP contribution >= 0.6 is 12.2 Å². The van der Waals surface area contributed by atoms with Crippen LogP contribution in [0.15, 0.2) is 0 Å². The van der Waals surface area contributed by atoms with E-state index in [-0.39, 0.29) is 17.0 Å². The van der Waals surface area contributed by atoms with Gasteiger partial charge in [0.05, 0.1) is 6.10 Å². The lowest BCUT2D eigenvalue weighted by molar-refractivity contribution is -0.121. The van der Waals surface area contributed by atoms with Gasteiger partial charge in [-0.1, -0.05) is 20.8 Å². The van der Waals surface area contributed by atoms with Crippen LogP contribution in [-0.2, 0) is 14.0 Å². The molecule has 0 aromatic rings. The highest BCUT2D eigenvalue weighted by Gasteiger charge is 2.45. The number of carbonyl (C=O) groups excluding carboxylic acids is 1. The Morgan fingerprint density at radius 2 is 1.74 bits per heavy atom. The number of primary amides is 1. The van der Waals surface area contributed by atoms with Crippen molar-refractivity contribution in [1.29, 1.82) is 0 Å². The van der Waals surface area contributed by atoms with Crippen molar-refractivity contribution in [2.24, 2.45) is 5.73 Å². The molecule has 0 spiro atoms. The molecule has 1 amide bonds. The molecule has 1 saturated heterocycles. The number of amides is 1. The molecule has 0 saturated carbocycles. The van der Waals surface area contributed by atoms with E-state index in [1.807, 2.05) is 20.8 Å². The van der Waals surface area contributed by atoms with Crippen LogP contribution in [0.25, 0.3) is 0 Å². The molecular formula is C16H32N2O3SSi. The summed E-state index contributed by atoms with van der Waals surface area (Å²) < 4.78 is 12.2. The van der Waals surface area contributed by atoms with Gasteiger partial charge < -0.3 is 19.8 Å². The predicted molar refractivity (Wildman–Crippen MR) is 99.8 cm³/mol. The van der Waals surface area contributed by atoms with Gasteiger partial charge in [0, 0.05) is 13.0 Å². The zero-order valence-electron chi connectivity index (χ0n) is 15.7. The van der Waals surface area contributed by atoms with E-state index in [1.165, 1.54) is 0 Å². The van der Waals surface area contributed by atoms with Crippen LogP contribution in [0.2, 0.25) is 18.1 Å². The molecule has 134 valence electrons. The molecule has 2 atom stereocenters. The van der Waals surface area contributed by atoms with Crippen LogP contribution in [0.4, 0.5) is 0 Å². The fourth-order valence-electron chi connectivity index (χ4n) is 2.27. The van der Waals surface area contributed by atoms with Gasteiger partial charge in [-0.3, -0.25) is 4.79 Å². The first kappa shape index (κ1) is 20.4. The molecule has 0 aliphatic carbocycles. The predicted octanol–water partition coefficient (Wildman–Crippen LogP) is 3.04. The lowest BCUT2D eigenvalue weighted by Gasteiger charge is -2.38. The summed E-state index contributed by atoms with van der Waals surface area (Å²) in [7, 11) is -1.91. The molecule has 5 nitrogen and oxygen atoms in total. The van der Waals surface area contributed by atoms with Gasteiger partial charge in [0.2, 0.25) is 5.91 Å². The maximum Gasteiger partial charge on any atom is 0.260 e. The second-order valence-electron chi connectivity index (χ2n) is 8.79. The molecule has 1 rings (SSSR count). The molecule has 7 heteroatoms. The Bertz CT molecular complexity index is 469. The Balaban J connectivity index is 2.87. The number of likely N-dealkylation sites (tertiary alicyclic amines) is 1. The van der Waals surface area contributed by atoms with Gasteiger partial charge in [-0.15, -0.1) is 0 Å². The van der Waals surface area contributed by atoms with Gasteiger partial charge >= 0.3 is 0 Å². The van der Waals surface area contributed by atoms with Crippen molar-refractivity contribution in [2.45, 2.75) is 83.8 Å². The van der Waals surface area contributed by atoms with Crippen molar-refractivity contribution in [1.82, 2.24) is 4.90 Å². The number of ether oxygens (including phenoxy) is 1. The highest BCUT2D eigenvalue weighted by Crippen LogP contribution is 2.39. The highest BCUT2D eigenvalue weighted by molar-refractivity contribution is 7.80. The Morgan fingerprint density at radius 1 is 1.22 bits per heavy atom. The first-order chi connectivity index (χ1) is 10.1. The molecule has 1 heterocycles. The van der Waals surface area contributed by atoms with Crippen LogP contribution in [-0.4, -0.2) is 48.6 Å². The standard InChI is InChI=1S/C16H32N2O3SSi/c1-15(2,3)20-14(22)18-10-11(9-12(18)13(17)19)21-23(7,8)16(4,5)6/h11-12H,9-10H2,1-8H3,(H2,17,19)/t11-,12+/m1/s1. The Morgan fingerprint density at radius 3 is 2.13 bits per heavy atom. The highest BCUT2D eigenvalue weighted by atomic mass is 32.1. The maximum absolute atomic E-state index is 11.8. The summed E-state index contributed by atoms with van der Waals surface area (Å²) in [5, 5.41) is 0.438. The van der Waals surface area contributed by atoms with Crippen molar-refractivity contribution < 1.29 is 14.0 Å². The van der Waals surface area contributed by atoms with E-state index in [1.54, 1.807) is 4.90 Å². The van der Waals surface area contributed by atoms with E-state index in [4.69, 9.17) is 27.1 Å². The van der Waals surface area contributed by atoms with E-state index in [2.05, 4.69) is 33.9 Å². The monoisotopic (exact) mass is 360 g/mol. The lowest BCUT2D eigenvalue weighted by Crippen LogP contribution is -2.46. The van der Waals surface area contributed by atoms with Crippen molar-refractivity contribution >= 4 is 31.6 Å². The lowest BCUT2D eigenvalue weighted by atomic mass is 10.2. The zero-order valence-corrected chi connectivity index (χ0v) is 17.5. The van der Waals surface area contributed by atoms with Crippen molar-refractivity contribution in [3.8, 4) is 0 Å². The summed E-state index contributed by atoms with van der Waals surface area (Å²) in [4.78, 5) is 13.6. The molecule has 0 unspecified atom stereocenters. The fraction of sp³-hybridized carbons (Fsp3) is 0.875. The van der Waals surface area contributed by atoms with Crippen LogP contribution < -0.4 is 5.73 Å². The second kappa shape index (κ2) is 6.68. The van der Waals surface area contributed by atoms with E-state index in [9.17, 15) is 4.79 Å². The van der Waals surface area contributed by atoms with Crippen molar-refractivity contribution in [2.75, 3.05) is 6.54 Å². The molecule has 23 heavy (non-hydrogen) atoms. The molecule has 1 aliphatic rings. The van der Waals surface area contributed by atoms with Gasteiger partial charge in [-0.2, -0.15) is 0 Å². The van der Waals surface area contributed by atoms with Gasteiger partial charge in [-0.05, 0) is 51.1 Å². The third-order valence-corrected chi connectivity index (χ3v) is 9.34. The SMILES string of the molecule is CC(C)(C)OC(=S)N1C[C@H](O[Si](C)(C)C(C)(C)C)C[C@H]1C(N)=O. The Labute approximate surface area is 147 Å². The number of hydrogen-bond acceptors (Lipinski definition) is 4. The van der Waals surface area contributed by atoms with Crippen LogP contribution in [0.1, 0.15) is 48.0 Å². The third kappa shape index (κ3) is 5.43. The van der Waals surface area contributed by atoms with Gasteiger partial charge in [0.25, 0.3) is 5.17 Å². The van der Waals surface area contributed by atoms with Crippen molar-refractivity contribution in [3.05, 3.63) is 0 Å². The minimum atomic E-state index is -1.91. The fourth-order valence-corrected chi connectivity index (χ4v) is 4.08. The van der Waals surface area contributed by atoms with Crippen molar-refractivity contribution in [3.63, 3.8) is 0 Å². The minimum Gasteiger partial charge on any atom is -0.465 e. The topological polar surface area (TPSA) is 64.8 Å². The Kier molecular flexibility index (Phi) is 5.92. The van der Waals surface area contributed by atoms with Crippen LogP contribution in [0, 0.1) is 0 Å². The van der Waals surface area contributed by atoms with E-state index in [0.29, 0.717) is 18.1 Å². The van der Waals surface area contributed by atoms with Gasteiger partial charge in [-0.25, -0.2) is 0 Å². The Hall–Kier alpha value is -0.663. The van der Waals surface area contributed by atoms with Crippen LogP contribution in [0.5, 0.6) is 0 Å². The summed E-state index contributed by atoms with van der Waals surface area (Å²) >= 11 is 5.38. The number of hydrogen-bond donors (Lipinski definition) is 1. The van der Waals surface area contributed by atoms with Gasteiger partial charge in [0.1, 0.15) is 11.6 Å². The van der Waals surface area contributed by atoms with E-state index in [0.717, 1.165) is 0 Å². The largest absolute Gasteiger partial charge is 0.465 e.